The third-order valence-corrected chi connectivity index (χ3v) is 3.51. The minimum absolute atomic E-state index is 0.00782. The Hall–Kier alpha value is -1.09. The van der Waals surface area contributed by atoms with Gasteiger partial charge in [0.05, 0.1) is 6.26 Å². The van der Waals surface area contributed by atoms with Crippen LogP contribution < -0.4 is 0 Å². The molecule has 2 rings (SSSR count). The monoisotopic (exact) mass is 222 g/mol. The Morgan fingerprint density at radius 2 is 2.44 bits per heavy atom. The van der Waals surface area contributed by atoms with Crippen molar-refractivity contribution in [2.75, 3.05) is 7.11 Å². The van der Waals surface area contributed by atoms with Crippen molar-refractivity contribution in [3.8, 4) is 0 Å². The fraction of sp³-hybridized carbons (Fsp3) is 0.615. The Balaban J connectivity index is 2.24. The zero-order valence-corrected chi connectivity index (χ0v) is 9.86. The molecule has 1 saturated carbocycles. The van der Waals surface area contributed by atoms with Gasteiger partial charge in [-0.15, -0.1) is 0 Å². The maximum Gasteiger partial charge on any atom is 0.229 e. The van der Waals surface area contributed by atoms with E-state index < -0.39 is 5.60 Å². The molecule has 2 unspecified atom stereocenters. The molecular weight excluding hydrogens is 204 g/mol. The summed E-state index contributed by atoms with van der Waals surface area (Å²) >= 11 is 0. The van der Waals surface area contributed by atoms with Gasteiger partial charge in [0.25, 0.3) is 0 Å². The summed E-state index contributed by atoms with van der Waals surface area (Å²) in [6.07, 6.45) is 5.34. The highest BCUT2D eigenvalue weighted by Crippen LogP contribution is 2.37. The number of carbonyl (C=O) groups is 1. The van der Waals surface area contributed by atoms with Crippen LogP contribution in [0.15, 0.2) is 22.8 Å². The van der Waals surface area contributed by atoms with Crippen molar-refractivity contribution in [3.05, 3.63) is 24.2 Å². The van der Waals surface area contributed by atoms with Crippen LogP contribution in [0.2, 0.25) is 0 Å². The molecule has 0 N–H and O–H groups in total. The normalized spacial score (nSPS) is 30.2. The van der Waals surface area contributed by atoms with Gasteiger partial charge in [0.15, 0.2) is 5.76 Å². The summed E-state index contributed by atoms with van der Waals surface area (Å²) < 4.78 is 10.7. The molecule has 1 aliphatic rings. The molecule has 3 heteroatoms. The average molecular weight is 222 g/mol. The van der Waals surface area contributed by atoms with E-state index in [1.54, 1.807) is 19.2 Å². The number of hydrogen-bond donors (Lipinski definition) is 0. The highest BCUT2D eigenvalue weighted by Gasteiger charge is 2.43. The molecule has 1 aromatic heterocycles. The van der Waals surface area contributed by atoms with Crippen molar-refractivity contribution in [1.29, 1.82) is 0 Å². The zero-order valence-electron chi connectivity index (χ0n) is 9.86. The van der Waals surface area contributed by atoms with Crippen LogP contribution in [0.5, 0.6) is 0 Å². The molecule has 0 saturated heterocycles. The van der Waals surface area contributed by atoms with Gasteiger partial charge in [0.1, 0.15) is 5.60 Å². The van der Waals surface area contributed by atoms with Gasteiger partial charge in [0, 0.05) is 7.11 Å². The lowest BCUT2D eigenvalue weighted by Gasteiger charge is -2.36. The predicted octanol–water partition coefficient (Wildman–Crippen LogP) is 3.06. The highest BCUT2D eigenvalue weighted by molar-refractivity contribution is 6.00. The molecule has 3 nitrogen and oxygen atoms in total. The fourth-order valence-corrected chi connectivity index (χ4v) is 2.62. The minimum atomic E-state index is -0.657. The van der Waals surface area contributed by atoms with Crippen molar-refractivity contribution in [2.24, 2.45) is 5.92 Å². The Labute approximate surface area is 95.8 Å². The summed E-state index contributed by atoms with van der Waals surface area (Å²) in [5, 5.41) is 0. The second-order valence-corrected chi connectivity index (χ2v) is 4.71. The molecule has 0 spiro atoms. The third-order valence-electron chi connectivity index (χ3n) is 3.51. The largest absolute Gasteiger partial charge is 0.461 e. The van der Waals surface area contributed by atoms with Crippen LogP contribution in [0, 0.1) is 5.92 Å². The van der Waals surface area contributed by atoms with E-state index in [0.29, 0.717) is 11.7 Å². The first-order valence-electron chi connectivity index (χ1n) is 5.81. The average Bonchev–Trinajstić information content (AvgIpc) is 2.81. The van der Waals surface area contributed by atoms with E-state index in [1.165, 1.54) is 12.7 Å². The van der Waals surface area contributed by atoms with Gasteiger partial charge in [-0.1, -0.05) is 13.3 Å². The minimum Gasteiger partial charge on any atom is -0.461 e. The summed E-state index contributed by atoms with van der Waals surface area (Å²) in [5.74, 6) is 0.940. The van der Waals surface area contributed by atoms with Crippen molar-refractivity contribution in [3.63, 3.8) is 0 Å². The summed E-state index contributed by atoms with van der Waals surface area (Å²) in [6.45, 7) is 2.17. The summed E-state index contributed by atoms with van der Waals surface area (Å²) in [4.78, 5) is 12.3. The number of rotatable bonds is 3. The zero-order chi connectivity index (χ0) is 11.6. The molecule has 88 valence electrons. The smallest absolute Gasteiger partial charge is 0.229 e. The van der Waals surface area contributed by atoms with Crippen LogP contribution in [0.1, 0.15) is 43.2 Å². The van der Waals surface area contributed by atoms with Crippen LogP contribution in [-0.2, 0) is 4.74 Å². The summed E-state index contributed by atoms with van der Waals surface area (Å²) in [6, 6.07) is 3.45. The molecule has 2 atom stereocenters. The molecule has 0 radical (unpaired) electrons. The van der Waals surface area contributed by atoms with Gasteiger partial charge in [-0.3, -0.25) is 4.79 Å². The Bertz CT molecular complexity index is 355. The van der Waals surface area contributed by atoms with Gasteiger partial charge in [-0.2, -0.15) is 0 Å². The van der Waals surface area contributed by atoms with Gasteiger partial charge in [0.2, 0.25) is 5.78 Å². The number of ketones is 1. The number of carbonyl (C=O) groups excluding carboxylic acids is 1. The van der Waals surface area contributed by atoms with Gasteiger partial charge in [-0.05, 0) is 37.3 Å². The number of Topliss-reactive ketones (excluding diaryl/α,β-unsaturated/α-hetero) is 1. The van der Waals surface area contributed by atoms with Gasteiger partial charge in [-0.25, -0.2) is 0 Å². The van der Waals surface area contributed by atoms with E-state index in [2.05, 4.69) is 6.92 Å². The standard InChI is InChI=1S/C13H18O3/c1-10-5-3-7-13(9-10,15-2)12(14)11-6-4-8-16-11/h4,6,8,10H,3,5,7,9H2,1-2H3. The second kappa shape index (κ2) is 4.42. The molecular formula is C13H18O3. The van der Waals surface area contributed by atoms with Gasteiger partial charge < -0.3 is 9.15 Å². The van der Waals surface area contributed by atoms with Crippen molar-refractivity contribution in [2.45, 2.75) is 38.2 Å². The number of methoxy groups -OCH3 is 1. The van der Waals surface area contributed by atoms with E-state index in [-0.39, 0.29) is 5.78 Å². The third kappa shape index (κ3) is 1.92. The maximum absolute atomic E-state index is 12.3. The van der Waals surface area contributed by atoms with Crippen molar-refractivity contribution in [1.82, 2.24) is 0 Å². The molecule has 1 aliphatic carbocycles. The first-order valence-corrected chi connectivity index (χ1v) is 5.81. The summed E-state index contributed by atoms with van der Waals surface area (Å²) in [7, 11) is 1.62. The van der Waals surface area contributed by atoms with E-state index in [1.807, 2.05) is 0 Å². The number of furan rings is 1. The first kappa shape index (κ1) is 11.4. The van der Waals surface area contributed by atoms with Crippen molar-refractivity contribution < 1.29 is 13.9 Å². The number of hydrogen-bond acceptors (Lipinski definition) is 3. The topological polar surface area (TPSA) is 39.4 Å². The quantitative estimate of drug-likeness (QED) is 0.738. The van der Waals surface area contributed by atoms with Crippen LogP contribution in [0.25, 0.3) is 0 Å². The first-order chi connectivity index (χ1) is 7.68. The Morgan fingerprint density at radius 1 is 1.62 bits per heavy atom. The van der Waals surface area contributed by atoms with E-state index in [4.69, 9.17) is 9.15 Å². The van der Waals surface area contributed by atoms with E-state index in [9.17, 15) is 4.79 Å². The van der Waals surface area contributed by atoms with Crippen LogP contribution in [0.3, 0.4) is 0 Å². The molecule has 0 aromatic carbocycles. The second-order valence-electron chi connectivity index (χ2n) is 4.71. The predicted molar refractivity (Wildman–Crippen MR) is 60.4 cm³/mol. The fourth-order valence-electron chi connectivity index (χ4n) is 2.62. The van der Waals surface area contributed by atoms with Crippen LogP contribution >= 0.6 is 0 Å². The Morgan fingerprint density at radius 3 is 3.00 bits per heavy atom. The SMILES string of the molecule is COC1(C(=O)c2ccco2)CCCC(C)C1. The van der Waals surface area contributed by atoms with Crippen LogP contribution in [0.4, 0.5) is 0 Å². The van der Waals surface area contributed by atoms with E-state index in [0.717, 1.165) is 19.3 Å². The molecule has 0 amide bonds. The molecule has 1 aromatic rings. The molecule has 1 fully saturated rings. The van der Waals surface area contributed by atoms with Crippen LogP contribution in [-0.4, -0.2) is 18.5 Å². The lowest BCUT2D eigenvalue weighted by Crippen LogP contribution is -2.44. The molecule has 16 heavy (non-hydrogen) atoms. The van der Waals surface area contributed by atoms with Crippen molar-refractivity contribution >= 4 is 5.78 Å². The lowest BCUT2D eigenvalue weighted by molar-refractivity contribution is -0.0319. The molecule has 0 bridgehead atoms. The highest BCUT2D eigenvalue weighted by atomic mass is 16.5. The molecule has 1 heterocycles. The van der Waals surface area contributed by atoms with Gasteiger partial charge >= 0.3 is 0 Å². The Kier molecular flexibility index (Phi) is 3.15. The summed E-state index contributed by atoms with van der Waals surface area (Å²) in [5.41, 5.74) is -0.657. The number of ether oxygens (including phenoxy) is 1. The maximum atomic E-state index is 12.3. The molecule has 0 aliphatic heterocycles. The lowest BCUT2D eigenvalue weighted by atomic mass is 9.76. The van der Waals surface area contributed by atoms with E-state index >= 15 is 0 Å².